The molecule has 0 saturated carbocycles. The summed E-state index contributed by atoms with van der Waals surface area (Å²) in [5, 5.41) is 11.8. The highest BCUT2D eigenvalue weighted by atomic mass is 16.3. The highest BCUT2D eigenvalue weighted by Gasteiger charge is 2.23. The maximum atomic E-state index is 11.9. The molecule has 1 rings (SSSR count). The van der Waals surface area contributed by atoms with E-state index in [2.05, 4.69) is 21.7 Å². The van der Waals surface area contributed by atoms with Gasteiger partial charge in [-0.25, -0.2) is 0 Å². The first-order chi connectivity index (χ1) is 8.69. The fourth-order valence-corrected chi connectivity index (χ4v) is 2.23. The van der Waals surface area contributed by atoms with E-state index < -0.39 is 0 Å². The predicted octanol–water partition coefficient (Wildman–Crippen LogP) is -0.323. The molecular weight excluding hydrogens is 230 g/mol. The second-order valence-electron chi connectivity index (χ2n) is 4.66. The number of hydrogen-bond acceptors (Lipinski definition) is 4. The third-order valence-corrected chi connectivity index (χ3v) is 3.39. The van der Waals surface area contributed by atoms with Crippen LogP contribution in [0.15, 0.2) is 12.7 Å². The van der Waals surface area contributed by atoms with Crippen LogP contribution in [0.1, 0.15) is 13.3 Å². The van der Waals surface area contributed by atoms with Crippen molar-refractivity contribution in [1.29, 1.82) is 0 Å². The molecule has 2 N–H and O–H groups in total. The van der Waals surface area contributed by atoms with Crippen LogP contribution in [0.2, 0.25) is 0 Å². The van der Waals surface area contributed by atoms with Crippen LogP contribution in [0.4, 0.5) is 0 Å². The predicted molar refractivity (Wildman–Crippen MR) is 72.4 cm³/mol. The summed E-state index contributed by atoms with van der Waals surface area (Å²) in [7, 11) is 0. The van der Waals surface area contributed by atoms with Crippen LogP contribution < -0.4 is 5.32 Å². The Morgan fingerprint density at radius 2 is 2.22 bits per heavy atom. The minimum Gasteiger partial charge on any atom is -0.395 e. The highest BCUT2D eigenvalue weighted by Crippen LogP contribution is 2.07. The standard InChI is InChI=1S/C13H25N3O2/c1-3-5-14-13(18)12(2)16-7-4-6-15(8-9-16)10-11-17/h3,12,17H,1,4-11H2,2H3,(H,14,18). The average molecular weight is 255 g/mol. The van der Waals surface area contributed by atoms with E-state index in [-0.39, 0.29) is 18.6 Å². The van der Waals surface area contributed by atoms with E-state index >= 15 is 0 Å². The molecule has 1 aliphatic rings. The summed E-state index contributed by atoms with van der Waals surface area (Å²) in [6.45, 7) is 10.7. The molecule has 5 heteroatoms. The zero-order valence-corrected chi connectivity index (χ0v) is 11.3. The Morgan fingerprint density at radius 3 is 2.89 bits per heavy atom. The largest absolute Gasteiger partial charge is 0.395 e. The summed E-state index contributed by atoms with van der Waals surface area (Å²) in [5.41, 5.74) is 0. The van der Waals surface area contributed by atoms with Crippen molar-refractivity contribution in [1.82, 2.24) is 15.1 Å². The molecule has 0 radical (unpaired) electrons. The van der Waals surface area contributed by atoms with Gasteiger partial charge < -0.3 is 10.4 Å². The molecule has 104 valence electrons. The molecule has 1 amide bonds. The number of nitrogens with one attached hydrogen (secondary N) is 1. The summed E-state index contributed by atoms with van der Waals surface area (Å²) >= 11 is 0. The highest BCUT2D eigenvalue weighted by molar-refractivity contribution is 5.81. The lowest BCUT2D eigenvalue weighted by atomic mass is 10.2. The van der Waals surface area contributed by atoms with E-state index in [1.807, 2.05) is 6.92 Å². The summed E-state index contributed by atoms with van der Waals surface area (Å²) in [5.74, 6) is 0.0607. The van der Waals surface area contributed by atoms with E-state index in [0.717, 1.165) is 39.1 Å². The van der Waals surface area contributed by atoms with Crippen LogP contribution in [0.3, 0.4) is 0 Å². The lowest BCUT2D eigenvalue weighted by Crippen LogP contribution is -2.46. The van der Waals surface area contributed by atoms with E-state index in [0.29, 0.717) is 6.54 Å². The summed E-state index contributed by atoms with van der Waals surface area (Å²) in [4.78, 5) is 16.3. The van der Waals surface area contributed by atoms with E-state index in [1.165, 1.54) is 0 Å². The van der Waals surface area contributed by atoms with Gasteiger partial charge in [0, 0.05) is 32.7 Å². The molecular formula is C13H25N3O2. The molecule has 1 unspecified atom stereocenters. The molecule has 0 bridgehead atoms. The fourth-order valence-electron chi connectivity index (χ4n) is 2.23. The van der Waals surface area contributed by atoms with Crippen molar-refractivity contribution in [3.63, 3.8) is 0 Å². The molecule has 1 heterocycles. The van der Waals surface area contributed by atoms with Crippen molar-refractivity contribution in [2.45, 2.75) is 19.4 Å². The van der Waals surface area contributed by atoms with E-state index in [9.17, 15) is 4.79 Å². The van der Waals surface area contributed by atoms with Crippen molar-refractivity contribution >= 4 is 5.91 Å². The molecule has 1 fully saturated rings. The van der Waals surface area contributed by atoms with Gasteiger partial charge in [-0.2, -0.15) is 0 Å². The van der Waals surface area contributed by atoms with E-state index in [4.69, 9.17) is 5.11 Å². The third-order valence-electron chi connectivity index (χ3n) is 3.39. The Morgan fingerprint density at radius 1 is 1.44 bits per heavy atom. The van der Waals surface area contributed by atoms with Crippen molar-refractivity contribution in [3.8, 4) is 0 Å². The topological polar surface area (TPSA) is 55.8 Å². The van der Waals surface area contributed by atoms with Gasteiger partial charge in [-0.3, -0.25) is 14.6 Å². The number of carbonyl (C=O) groups is 1. The lowest BCUT2D eigenvalue weighted by molar-refractivity contribution is -0.125. The van der Waals surface area contributed by atoms with Gasteiger partial charge in [-0.1, -0.05) is 6.08 Å². The summed E-state index contributed by atoms with van der Waals surface area (Å²) < 4.78 is 0. The lowest BCUT2D eigenvalue weighted by Gasteiger charge is -2.26. The van der Waals surface area contributed by atoms with Gasteiger partial charge in [0.1, 0.15) is 0 Å². The van der Waals surface area contributed by atoms with Crippen LogP contribution in [0.25, 0.3) is 0 Å². The maximum absolute atomic E-state index is 11.9. The second kappa shape index (κ2) is 8.24. The number of rotatable bonds is 6. The first-order valence-electron chi connectivity index (χ1n) is 6.65. The molecule has 0 aromatic carbocycles. The summed E-state index contributed by atoms with van der Waals surface area (Å²) in [6, 6.07) is -0.0981. The van der Waals surface area contributed by atoms with Gasteiger partial charge in [0.15, 0.2) is 0 Å². The minimum atomic E-state index is -0.0981. The molecule has 5 nitrogen and oxygen atoms in total. The van der Waals surface area contributed by atoms with Gasteiger partial charge in [-0.05, 0) is 19.9 Å². The quantitative estimate of drug-likeness (QED) is 0.639. The SMILES string of the molecule is C=CCNC(=O)C(C)N1CCCN(CCO)CC1. The van der Waals surface area contributed by atoms with E-state index in [1.54, 1.807) is 6.08 Å². The van der Waals surface area contributed by atoms with Crippen LogP contribution >= 0.6 is 0 Å². The van der Waals surface area contributed by atoms with Crippen molar-refractivity contribution in [2.24, 2.45) is 0 Å². The zero-order valence-electron chi connectivity index (χ0n) is 11.3. The number of amides is 1. The Labute approximate surface area is 109 Å². The maximum Gasteiger partial charge on any atom is 0.237 e. The molecule has 0 aliphatic carbocycles. The smallest absolute Gasteiger partial charge is 0.237 e. The Bertz CT molecular complexity index is 271. The fraction of sp³-hybridized carbons (Fsp3) is 0.769. The molecule has 0 aromatic rings. The van der Waals surface area contributed by atoms with Gasteiger partial charge in [0.05, 0.1) is 12.6 Å². The number of nitrogens with zero attached hydrogens (tertiary/aromatic N) is 2. The first kappa shape index (κ1) is 15.1. The second-order valence-corrected chi connectivity index (χ2v) is 4.66. The normalized spacial score (nSPS) is 20.1. The number of carbonyl (C=O) groups excluding carboxylic acids is 1. The van der Waals surface area contributed by atoms with Gasteiger partial charge in [0.25, 0.3) is 0 Å². The van der Waals surface area contributed by atoms with Crippen molar-refractivity contribution in [3.05, 3.63) is 12.7 Å². The number of hydrogen-bond donors (Lipinski definition) is 2. The molecule has 1 aliphatic heterocycles. The number of aliphatic hydroxyl groups is 1. The molecule has 18 heavy (non-hydrogen) atoms. The van der Waals surface area contributed by atoms with Crippen molar-refractivity contribution < 1.29 is 9.90 Å². The number of aliphatic hydroxyl groups excluding tert-OH is 1. The number of β-amino-alcohol motifs (C(OH)–C–C–N with tert-alkyl or cyclic N) is 1. The van der Waals surface area contributed by atoms with Crippen LogP contribution in [0, 0.1) is 0 Å². The molecule has 0 spiro atoms. The Balaban J connectivity index is 2.41. The first-order valence-corrected chi connectivity index (χ1v) is 6.65. The van der Waals surface area contributed by atoms with Crippen LogP contribution in [0.5, 0.6) is 0 Å². The van der Waals surface area contributed by atoms with Crippen LogP contribution in [-0.4, -0.2) is 72.7 Å². The Hall–Kier alpha value is -0.910. The Kier molecular flexibility index (Phi) is 6.93. The van der Waals surface area contributed by atoms with Crippen LogP contribution in [-0.2, 0) is 4.79 Å². The monoisotopic (exact) mass is 255 g/mol. The van der Waals surface area contributed by atoms with Gasteiger partial charge in [-0.15, -0.1) is 6.58 Å². The molecule has 0 aromatic heterocycles. The van der Waals surface area contributed by atoms with Crippen molar-refractivity contribution in [2.75, 3.05) is 45.9 Å². The minimum absolute atomic E-state index is 0.0607. The third kappa shape index (κ3) is 4.76. The zero-order chi connectivity index (χ0) is 13.4. The molecule has 1 saturated heterocycles. The summed E-state index contributed by atoms with van der Waals surface area (Å²) in [6.07, 6.45) is 2.73. The molecule has 1 atom stereocenters. The van der Waals surface area contributed by atoms with Gasteiger partial charge in [0.2, 0.25) is 5.91 Å². The average Bonchev–Trinajstić information content (AvgIpc) is 2.61. The van der Waals surface area contributed by atoms with Gasteiger partial charge >= 0.3 is 0 Å².